The summed E-state index contributed by atoms with van der Waals surface area (Å²) >= 11 is 0. The highest BCUT2D eigenvalue weighted by Crippen LogP contribution is 2.37. The van der Waals surface area contributed by atoms with Gasteiger partial charge in [-0.2, -0.15) is 0 Å². The number of nitrogens with two attached hydrogens (primary N) is 1. The molecule has 5 nitrogen and oxygen atoms in total. The Labute approximate surface area is 174 Å². The first kappa shape index (κ1) is 18.9. The van der Waals surface area contributed by atoms with E-state index < -0.39 is 11.0 Å². The highest BCUT2D eigenvalue weighted by Gasteiger charge is 2.28. The van der Waals surface area contributed by atoms with Crippen molar-refractivity contribution >= 4 is 27.6 Å². The number of nitrogens with one attached hydrogen (secondary N) is 1. The predicted octanol–water partition coefficient (Wildman–Crippen LogP) is 3.74. The van der Waals surface area contributed by atoms with Gasteiger partial charge in [0.2, 0.25) is 0 Å². The number of rotatable bonds is 5. The molecular formula is C23H28N4OS. The molecule has 2 saturated heterocycles. The van der Waals surface area contributed by atoms with Crippen molar-refractivity contribution in [2.45, 2.75) is 30.7 Å². The maximum atomic E-state index is 13.0. The Bertz CT molecular complexity index is 1020. The number of fused-ring (bicyclic) bond motifs is 1. The van der Waals surface area contributed by atoms with E-state index in [9.17, 15) is 4.21 Å². The smallest absolute Gasteiger partial charge is 0.127 e. The number of hydrogen-bond donors (Lipinski definition) is 2. The minimum absolute atomic E-state index is 0.203. The van der Waals surface area contributed by atoms with Crippen molar-refractivity contribution in [2.24, 2.45) is 11.7 Å². The molecule has 3 aromatic rings. The van der Waals surface area contributed by atoms with Crippen molar-refractivity contribution < 1.29 is 4.21 Å². The van der Waals surface area contributed by atoms with Crippen LogP contribution in [0.15, 0.2) is 53.4 Å². The molecule has 3 unspecified atom stereocenters. The van der Waals surface area contributed by atoms with Crippen LogP contribution < -0.4 is 10.6 Å². The Morgan fingerprint density at radius 3 is 2.66 bits per heavy atom. The average molecular weight is 409 g/mol. The van der Waals surface area contributed by atoms with E-state index in [1.165, 1.54) is 11.1 Å². The van der Waals surface area contributed by atoms with Crippen molar-refractivity contribution in [3.63, 3.8) is 0 Å². The number of nitrogens with zero attached hydrogens (tertiary/aromatic N) is 2. The van der Waals surface area contributed by atoms with Gasteiger partial charge in [0.15, 0.2) is 0 Å². The molecule has 0 saturated carbocycles. The van der Waals surface area contributed by atoms with Crippen molar-refractivity contribution in [3.8, 4) is 11.3 Å². The van der Waals surface area contributed by atoms with E-state index in [4.69, 9.17) is 5.73 Å². The molecule has 29 heavy (non-hydrogen) atoms. The second-order valence-corrected chi connectivity index (χ2v) is 9.82. The zero-order valence-corrected chi connectivity index (χ0v) is 17.6. The van der Waals surface area contributed by atoms with Gasteiger partial charge in [-0.3, -0.25) is 0 Å². The van der Waals surface area contributed by atoms with E-state index >= 15 is 0 Å². The van der Waals surface area contributed by atoms with E-state index in [-0.39, 0.29) is 6.04 Å². The van der Waals surface area contributed by atoms with Gasteiger partial charge in [0, 0.05) is 60.1 Å². The monoisotopic (exact) mass is 408 g/mol. The van der Waals surface area contributed by atoms with Crippen LogP contribution in [-0.2, 0) is 11.0 Å². The molecule has 2 fully saturated rings. The third-order valence-corrected chi connectivity index (χ3v) is 7.84. The van der Waals surface area contributed by atoms with Gasteiger partial charge in [0.25, 0.3) is 0 Å². The molecule has 6 heteroatoms. The summed E-state index contributed by atoms with van der Waals surface area (Å²) in [7, 11) is -1.09. The summed E-state index contributed by atoms with van der Waals surface area (Å²) < 4.78 is 15.0. The van der Waals surface area contributed by atoms with E-state index in [1.807, 2.05) is 16.4 Å². The summed E-state index contributed by atoms with van der Waals surface area (Å²) in [5.41, 5.74) is 10.7. The van der Waals surface area contributed by atoms with Crippen LogP contribution in [0.5, 0.6) is 0 Å². The topological polar surface area (TPSA) is 65.4 Å². The molecule has 2 aliphatic rings. The van der Waals surface area contributed by atoms with Gasteiger partial charge in [-0.1, -0.05) is 18.2 Å². The van der Waals surface area contributed by atoms with Crippen LogP contribution in [0.4, 0.5) is 5.69 Å². The lowest BCUT2D eigenvalue weighted by molar-refractivity contribution is 0.328. The Hall–Kier alpha value is -2.15. The van der Waals surface area contributed by atoms with Crippen LogP contribution >= 0.6 is 0 Å². The lowest BCUT2D eigenvalue weighted by Crippen LogP contribution is -2.38. The molecule has 3 heterocycles. The van der Waals surface area contributed by atoms with Crippen molar-refractivity contribution in [2.75, 3.05) is 31.1 Å². The lowest BCUT2D eigenvalue weighted by Gasteiger charge is -2.29. The molecule has 2 aliphatic heterocycles. The fourth-order valence-electron chi connectivity index (χ4n) is 4.37. The van der Waals surface area contributed by atoms with Gasteiger partial charge < -0.3 is 15.6 Å². The molecule has 0 amide bonds. The highest BCUT2D eigenvalue weighted by atomic mass is 32.2. The summed E-state index contributed by atoms with van der Waals surface area (Å²) in [6.45, 7) is 5.91. The third-order valence-electron chi connectivity index (χ3n) is 6.35. The molecule has 3 N–H and O–H groups in total. The molecule has 0 spiro atoms. The van der Waals surface area contributed by atoms with Crippen LogP contribution in [-0.4, -0.2) is 45.7 Å². The quantitative estimate of drug-likeness (QED) is 0.676. The molecule has 1 aromatic heterocycles. The summed E-state index contributed by atoms with van der Waals surface area (Å²) in [5, 5.41) is 1.19. The zero-order chi connectivity index (χ0) is 20.0. The highest BCUT2D eigenvalue weighted by molar-refractivity contribution is 7.82. The van der Waals surface area contributed by atoms with Crippen molar-refractivity contribution in [3.05, 3.63) is 48.5 Å². The van der Waals surface area contributed by atoms with Gasteiger partial charge in [-0.05, 0) is 56.0 Å². The second kappa shape index (κ2) is 7.59. The summed E-state index contributed by atoms with van der Waals surface area (Å²) in [4.78, 5) is 6.88. The fraction of sp³-hybridized carbons (Fsp3) is 0.391. The fourth-order valence-corrected chi connectivity index (χ4v) is 5.66. The summed E-state index contributed by atoms with van der Waals surface area (Å²) in [6, 6.07) is 17.0. The minimum Gasteiger partial charge on any atom is -0.371 e. The number of para-hydroxylation sites is 1. The van der Waals surface area contributed by atoms with Crippen LogP contribution in [0.25, 0.3) is 22.2 Å². The standard InChI is InChI=1S/C23H28N4OS/c1-16(24)18-9-12-26(15-18)23-8-7-19(29(28)27-10-4-11-27)14-20(23)22-13-17-5-2-3-6-21(17)25-22/h2-3,5-8,13-14,16,18,25H,4,9-12,15,24H2,1H3. The Kier molecular flexibility index (Phi) is 4.94. The van der Waals surface area contributed by atoms with Crippen molar-refractivity contribution in [1.82, 2.24) is 9.29 Å². The number of benzene rings is 2. The van der Waals surface area contributed by atoms with Crippen LogP contribution in [0.2, 0.25) is 0 Å². The van der Waals surface area contributed by atoms with Gasteiger partial charge >= 0.3 is 0 Å². The van der Waals surface area contributed by atoms with Gasteiger partial charge in [-0.15, -0.1) is 0 Å². The largest absolute Gasteiger partial charge is 0.371 e. The second-order valence-electron chi connectivity index (χ2n) is 8.33. The van der Waals surface area contributed by atoms with Crippen molar-refractivity contribution in [1.29, 1.82) is 0 Å². The van der Waals surface area contributed by atoms with E-state index in [0.29, 0.717) is 5.92 Å². The van der Waals surface area contributed by atoms with E-state index in [0.717, 1.165) is 60.7 Å². The third kappa shape index (κ3) is 3.50. The Balaban J connectivity index is 1.57. The summed E-state index contributed by atoms with van der Waals surface area (Å²) in [5.74, 6) is 0.514. The predicted molar refractivity (Wildman–Crippen MR) is 120 cm³/mol. The molecule has 0 aliphatic carbocycles. The first-order chi connectivity index (χ1) is 14.1. The number of anilines is 1. The lowest BCUT2D eigenvalue weighted by atomic mass is 10.0. The Morgan fingerprint density at radius 1 is 1.14 bits per heavy atom. The zero-order valence-electron chi connectivity index (χ0n) is 16.8. The van der Waals surface area contributed by atoms with Gasteiger partial charge in [0.05, 0.1) is 4.90 Å². The van der Waals surface area contributed by atoms with E-state index in [2.05, 4.69) is 53.2 Å². The maximum absolute atomic E-state index is 13.0. The number of H-pyrrole nitrogens is 1. The molecule has 5 rings (SSSR count). The van der Waals surface area contributed by atoms with Gasteiger partial charge in [-0.25, -0.2) is 8.51 Å². The maximum Gasteiger partial charge on any atom is 0.127 e. The first-order valence-corrected chi connectivity index (χ1v) is 11.6. The van der Waals surface area contributed by atoms with Gasteiger partial charge in [0.1, 0.15) is 11.0 Å². The Morgan fingerprint density at radius 2 is 1.97 bits per heavy atom. The first-order valence-electron chi connectivity index (χ1n) is 10.5. The van der Waals surface area contributed by atoms with E-state index in [1.54, 1.807) is 0 Å². The number of aromatic amines is 1. The molecule has 152 valence electrons. The molecule has 0 bridgehead atoms. The van der Waals surface area contributed by atoms with Crippen LogP contribution in [0.1, 0.15) is 19.8 Å². The average Bonchev–Trinajstić information content (AvgIpc) is 3.33. The van der Waals surface area contributed by atoms with Crippen LogP contribution in [0.3, 0.4) is 0 Å². The molecular weight excluding hydrogens is 380 g/mol. The number of aromatic nitrogens is 1. The SMILES string of the molecule is CC(N)C1CCN(c2ccc(S(=O)N3CCC3)cc2-c2cc3ccccc3[nH]2)C1. The molecule has 2 aromatic carbocycles. The summed E-state index contributed by atoms with van der Waals surface area (Å²) in [6.07, 6.45) is 2.25. The molecule has 3 atom stereocenters. The minimum atomic E-state index is -1.09. The normalized spacial score (nSPS) is 22.0. The van der Waals surface area contributed by atoms with Crippen LogP contribution in [0, 0.1) is 5.92 Å². The molecule has 0 radical (unpaired) electrons. The number of hydrogen-bond acceptors (Lipinski definition) is 3.